The number of rotatable bonds is 31. The number of esters is 2. The van der Waals surface area contributed by atoms with Gasteiger partial charge in [-0.15, -0.1) is 0 Å². The van der Waals surface area contributed by atoms with Crippen LogP contribution < -0.4 is 0 Å². The van der Waals surface area contributed by atoms with E-state index in [1.165, 1.54) is 32.1 Å². The monoisotopic (exact) mass is 662 g/mol. The minimum absolute atomic E-state index is 0.0541. The first-order valence-electron chi connectivity index (χ1n) is 18.2. The van der Waals surface area contributed by atoms with Gasteiger partial charge in [-0.05, 0) is 51.4 Å². The number of carbonyl (C=O) groups excluding carboxylic acids is 2. The maximum Gasteiger partial charge on any atom is 0.362 e. The average Bonchev–Trinajstić information content (AvgIpc) is 3.02. The van der Waals surface area contributed by atoms with Crippen LogP contribution in [0.15, 0.2) is 48.6 Å². The first-order chi connectivity index (χ1) is 22.6. The van der Waals surface area contributed by atoms with Gasteiger partial charge in [0.15, 0.2) is 12.1 Å². The SMILES string of the molecule is CC/C=C\C/C=C\C/C=C\C/C=C\CCCCCCCCCCC(=O)OC(COCCC(C(=O)O)[N+](C)(C)C)COC(=O)CCCC. The van der Waals surface area contributed by atoms with Crippen molar-refractivity contribution in [3.05, 3.63) is 48.6 Å². The number of nitrogens with zero attached hydrogens (tertiary/aromatic N) is 1. The Morgan fingerprint density at radius 3 is 1.74 bits per heavy atom. The number of likely N-dealkylation sites (N-methyl/N-ethyl adjacent to an activating group) is 1. The molecule has 47 heavy (non-hydrogen) atoms. The van der Waals surface area contributed by atoms with Gasteiger partial charge in [-0.25, -0.2) is 4.79 Å². The van der Waals surface area contributed by atoms with Gasteiger partial charge in [-0.3, -0.25) is 9.59 Å². The zero-order valence-electron chi connectivity index (χ0n) is 30.5. The summed E-state index contributed by atoms with van der Waals surface area (Å²) in [6.45, 7) is 4.35. The Labute approximate surface area is 286 Å². The molecular weight excluding hydrogens is 594 g/mol. The van der Waals surface area contributed by atoms with Gasteiger partial charge in [0, 0.05) is 19.3 Å². The standard InChI is InChI=1S/C39H67NO7/c1-6-8-10-11-12-13-14-15-16-17-18-19-20-21-22-23-24-25-26-27-28-30-38(42)47-35(34-46-37(41)29-9-7-2)33-45-32-31-36(39(43)44)40(3,4)5/h8,10,12-13,15-16,18-19,35-36H,6-7,9,11,14,17,20-34H2,1-5H3/p+1/b10-8-,13-12-,16-15-,19-18-. The van der Waals surface area contributed by atoms with Crippen molar-refractivity contribution in [1.82, 2.24) is 0 Å². The maximum absolute atomic E-state index is 12.5. The molecule has 0 rings (SSSR count). The lowest BCUT2D eigenvalue weighted by Crippen LogP contribution is -2.50. The minimum atomic E-state index is -0.883. The second-order valence-electron chi connectivity index (χ2n) is 13.1. The Hall–Kier alpha value is -2.71. The van der Waals surface area contributed by atoms with Gasteiger partial charge in [0.05, 0.1) is 34.4 Å². The van der Waals surface area contributed by atoms with E-state index < -0.39 is 18.1 Å². The predicted octanol–water partition coefficient (Wildman–Crippen LogP) is 8.90. The number of allylic oxidation sites excluding steroid dienone is 8. The number of carboxylic acid groups (broad SMARTS) is 1. The van der Waals surface area contributed by atoms with Gasteiger partial charge in [-0.1, -0.05) is 107 Å². The van der Waals surface area contributed by atoms with Crippen LogP contribution in [0.3, 0.4) is 0 Å². The topological polar surface area (TPSA) is 99.1 Å². The summed E-state index contributed by atoms with van der Waals surface area (Å²) in [6, 6.07) is -0.612. The summed E-state index contributed by atoms with van der Waals surface area (Å²) < 4.78 is 16.9. The number of hydrogen-bond donors (Lipinski definition) is 1. The van der Waals surface area contributed by atoms with Crippen molar-refractivity contribution in [2.75, 3.05) is 41.0 Å². The largest absolute Gasteiger partial charge is 0.477 e. The minimum Gasteiger partial charge on any atom is -0.477 e. The molecule has 0 aliphatic carbocycles. The van der Waals surface area contributed by atoms with Crippen LogP contribution in [0.2, 0.25) is 0 Å². The summed E-state index contributed by atoms with van der Waals surface area (Å²) in [5, 5.41) is 9.51. The second kappa shape index (κ2) is 30.6. The highest BCUT2D eigenvalue weighted by Crippen LogP contribution is 2.13. The van der Waals surface area contributed by atoms with Crippen molar-refractivity contribution < 1.29 is 38.2 Å². The van der Waals surface area contributed by atoms with Gasteiger partial charge in [-0.2, -0.15) is 0 Å². The molecule has 2 unspecified atom stereocenters. The smallest absolute Gasteiger partial charge is 0.362 e. The number of hydrogen-bond acceptors (Lipinski definition) is 6. The Morgan fingerprint density at radius 2 is 1.19 bits per heavy atom. The summed E-state index contributed by atoms with van der Waals surface area (Å²) >= 11 is 0. The molecular formula is C39H68NO7+. The number of ether oxygens (including phenoxy) is 3. The molecule has 0 bridgehead atoms. The molecule has 2 atom stereocenters. The van der Waals surface area contributed by atoms with Crippen molar-refractivity contribution in [2.24, 2.45) is 0 Å². The third kappa shape index (κ3) is 29.2. The molecule has 0 aliphatic heterocycles. The molecule has 270 valence electrons. The van der Waals surface area contributed by atoms with Crippen molar-refractivity contribution in [1.29, 1.82) is 0 Å². The third-order valence-electron chi connectivity index (χ3n) is 7.74. The fraction of sp³-hybridized carbons (Fsp3) is 0.718. The Kier molecular flexibility index (Phi) is 28.8. The zero-order valence-corrected chi connectivity index (χ0v) is 30.5. The molecule has 1 N–H and O–H groups in total. The molecule has 0 aromatic carbocycles. The van der Waals surface area contributed by atoms with Crippen LogP contribution in [0.4, 0.5) is 0 Å². The van der Waals surface area contributed by atoms with Gasteiger partial charge in [0.2, 0.25) is 0 Å². The highest BCUT2D eigenvalue weighted by atomic mass is 16.6. The number of carboxylic acids is 1. The van der Waals surface area contributed by atoms with E-state index in [1.54, 1.807) is 0 Å². The third-order valence-corrected chi connectivity index (χ3v) is 7.74. The van der Waals surface area contributed by atoms with Crippen molar-refractivity contribution >= 4 is 17.9 Å². The number of aliphatic carboxylic acids is 1. The predicted molar refractivity (Wildman–Crippen MR) is 192 cm³/mol. The molecule has 0 aromatic heterocycles. The maximum atomic E-state index is 12.5. The fourth-order valence-corrected chi connectivity index (χ4v) is 4.88. The van der Waals surface area contributed by atoms with Crippen LogP contribution in [-0.4, -0.2) is 80.6 Å². The summed E-state index contributed by atoms with van der Waals surface area (Å²) in [6.07, 6.45) is 34.0. The van der Waals surface area contributed by atoms with Gasteiger partial charge < -0.3 is 23.8 Å². The lowest BCUT2D eigenvalue weighted by molar-refractivity contribution is -0.887. The van der Waals surface area contributed by atoms with Gasteiger partial charge in [0.25, 0.3) is 0 Å². The van der Waals surface area contributed by atoms with E-state index in [-0.39, 0.29) is 36.2 Å². The Balaban J connectivity index is 4.11. The Bertz CT molecular complexity index is 917. The molecule has 8 heteroatoms. The molecule has 0 fully saturated rings. The average molecular weight is 663 g/mol. The van der Waals surface area contributed by atoms with Gasteiger partial charge in [0.1, 0.15) is 6.61 Å². The van der Waals surface area contributed by atoms with E-state index in [1.807, 2.05) is 28.1 Å². The van der Waals surface area contributed by atoms with Crippen molar-refractivity contribution in [2.45, 2.75) is 142 Å². The van der Waals surface area contributed by atoms with Crippen molar-refractivity contribution in [3.8, 4) is 0 Å². The van der Waals surface area contributed by atoms with Crippen molar-refractivity contribution in [3.63, 3.8) is 0 Å². The summed E-state index contributed by atoms with van der Waals surface area (Å²) in [5.74, 6) is -1.53. The van der Waals surface area contributed by atoms with E-state index in [9.17, 15) is 19.5 Å². The summed E-state index contributed by atoms with van der Waals surface area (Å²) in [7, 11) is 5.48. The quantitative estimate of drug-likeness (QED) is 0.0343. The summed E-state index contributed by atoms with van der Waals surface area (Å²) in [5.41, 5.74) is 0. The molecule has 0 saturated carbocycles. The van der Waals surface area contributed by atoms with Crippen LogP contribution in [-0.2, 0) is 28.6 Å². The normalized spacial score (nSPS) is 13.6. The zero-order chi connectivity index (χ0) is 35.0. The van der Waals surface area contributed by atoms with Crippen LogP contribution in [0.5, 0.6) is 0 Å². The number of carbonyl (C=O) groups is 3. The van der Waals surface area contributed by atoms with Crippen LogP contribution >= 0.6 is 0 Å². The molecule has 0 aliphatic rings. The van der Waals surface area contributed by atoms with E-state index >= 15 is 0 Å². The highest BCUT2D eigenvalue weighted by molar-refractivity contribution is 5.72. The molecule has 0 radical (unpaired) electrons. The van der Waals surface area contributed by atoms with Crippen LogP contribution in [0.25, 0.3) is 0 Å². The molecule has 0 aromatic rings. The van der Waals surface area contributed by atoms with E-state index in [0.717, 1.165) is 64.2 Å². The van der Waals surface area contributed by atoms with Gasteiger partial charge >= 0.3 is 17.9 Å². The second-order valence-corrected chi connectivity index (χ2v) is 13.1. The molecule has 0 heterocycles. The molecule has 8 nitrogen and oxygen atoms in total. The van der Waals surface area contributed by atoms with E-state index in [4.69, 9.17) is 14.2 Å². The van der Waals surface area contributed by atoms with Crippen LogP contribution in [0.1, 0.15) is 129 Å². The Morgan fingerprint density at radius 1 is 0.660 bits per heavy atom. The van der Waals surface area contributed by atoms with E-state index in [2.05, 4.69) is 55.5 Å². The fourth-order valence-electron chi connectivity index (χ4n) is 4.88. The number of quaternary nitrogens is 1. The first-order valence-corrected chi connectivity index (χ1v) is 18.2. The summed E-state index contributed by atoms with van der Waals surface area (Å²) in [4.78, 5) is 36.1. The molecule has 0 spiro atoms. The number of unbranched alkanes of at least 4 members (excludes halogenated alkanes) is 9. The molecule has 0 amide bonds. The highest BCUT2D eigenvalue weighted by Gasteiger charge is 2.31. The van der Waals surface area contributed by atoms with E-state index in [0.29, 0.717) is 19.3 Å². The first kappa shape index (κ1) is 44.3. The lowest BCUT2D eigenvalue weighted by atomic mass is 10.1. The lowest BCUT2D eigenvalue weighted by Gasteiger charge is -2.31. The molecule has 0 saturated heterocycles. The van der Waals surface area contributed by atoms with Crippen LogP contribution in [0, 0.1) is 0 Å².